The van der Waals surface area contributed by atoms with Gasteiger partial charge in [-0.1, -0.05) is 30.3 Å². The van der Waals surface area contributed by atoms with Crippen LogP contribution in [0.3, 0.4) is 0 Å². The van der Waals surface area contributed by atoms with E-state index in [0.717, 1.165) is 62.8 Å². The van der Waals surface area contributed by atoms with E-state index in [4.69, 9.17) is 4.74 Å². The highest BCUT2D eigenvalue weighted by Gasteiger charge is 2.29. The lowest BCUT2D eigenvalue weighted by Gasteiger charge is -2.37. The molecule has 1 amide bonds. The third-order valence-electron chi connectivity index (χ3n) is 5.43. The smallest absolute Gasteiger partial charge is 0.270 e. The molecule has 3 heterocycles. The van der Waals surface area contributed by atoms with Crippen LogP contribution in [0.25, 0.3) is 11.3 Å². The Labute approximate surface area is 148 Å². The van der Waals surface area contributed by atoms with Crippen LogP contribution in [0.1, 0.15) is 16.9 Å². The zero-order valence-corrected chi connectivity index (χ0v) is 14.7. The zero-order valence-electron chi connectivity index (χ0n) is 14.7. The monoisotopic (exact) mass is 339 g/mol. The van der Waals surface area contributed by atoms with Crippen LogP contribution < -0.4 is 0 Å². The Morgan fingerprint density at radius 2 is 1.80 bits per heavy atom. The van der Waals surface area contributed by atoms with Crippen molar-refractivity contribution >= 4 is 5.91 Å². The van der Waals surface area contributed by atoms with Gasteiger partial charge in [-0.3, -0.25) is 9.69 Å². The second kappa shape index (κ2) is 7.02. The lowest BCUT2D eigenvalue weighted by atomic mass is 10.2. The summed E-state index contributed by atoms with van der Waals surface area (Å²) in [5.41, 5.74) is 2.97. The molecule has 25 heavy (non-hydrogen) atoms. The van der Waals surface area contributed by atoms with E-state index in [9.17, 15) is 4.79 Å². The van der Waals surface area contributed by atoms with Crippen LogP contribution in [0.5, 0.6) is 0 Å². The van der Waals surface area contributed by atoms with Crippen molar-refractivity contribution in [2.75, 3.05) is 39.4 Å². The summed E-state index contributed by atoms with van der Waals surface area (Å²) in [6.07, 6.45) is 1.12. The Morgan fingerprint density at radius 3 is 2.48 bits per heavy atom. The zero-order chi connectivity index (χ0) is 17.2. The van der Waals surface area contributed by atoms with Gasteiger partial charge in [0.1, 0.15) is 5.69 Å². The number of benzene rings is 1. The van der Waals surface area contributed by atoms with Crippen molar-refractivity contribution < 1.29 is 9.53 Å². The number of piperazine rings is 1. The van der Waals surface area contributed by atoms with E-state index in [1.165, 1.54) is 0 Å². The number of hydrogen-bond acceptors (Lipinski definition) is 3. The Hall–Kier alpha value is -2.11. The molecule has 0 aliphatic carbocycles. The maximum absolute atomic E-state index is 13.0. The Bertz CT molecular complexity index is 727. The predicted molar refractivity (Wildman–Crippen MR) is 97.5 cm³/mol. The molecule has 0 N–H and O–H groups in total. The molecule has 5 heteroatoms. The van der Waals surface area contributed by atoms with Crippen LogP contribution in [0, 0.1) is 0 Å². The molecule has 0 radical (unpaired) electrons. The molecule has 1 atom stereocenters. The van der Waals surface area contributed by atoms with E-state index in [0.29, 0.717) is 6.04 Å². The standard InChI is InChI=1S/C20H25N3O2/c1-21-18(16-5-3-2-4-6-16)7-8-19(21)20(24)23-12-10-22(11-13-23)17-9-14-25-15-17/h2-8,17H,9-15H2,1H3/t17-/m1/s1. The van der Waals surface area contributed by atoms with E-state index in [-0.39, 0.29) is 5.91 Å². The van der Waals surface area contributed by atoms with Crippen LogP contribution in [-0.4, -0.2) is 65.7 Å². The minimum absolute atomic E-state index is 0.131. The van der Waals surface area contributed by atoms with Crippen molar-refractivity contribution in [2.45, 2.75) is 12.5 Å². The molecule has 2 saturated heterocycles. The third-order valence-corrected chi connectivity index (χ3v) is 5.43. The summed E-state index contributed by atoms with van der Waals surface area (Å²) in [6.45, 7) is 5.18. The molecule has 2 aliphatic heterocycles. The van der Waals surface area contributed by atoms with Gasteiger partial charge in [0, 0.05) is 51.6 Å². The van der Waals surface area contributed by atoms with E-state index in [1.54, 1.807) is 0 Å². The number of ether oxygens (including phenoxy) is 1. The van der Waals surface area contributed by atoms with Crippen molar-refractivity contribution in [3.63, 3.8) is 0 Å². The first-order valence-corrected chi connectivity index (χ1v) is 9.06. The molecule has 0 spiro atoms. The SMILES string of the molecule is Cn1c(C(=O)N2CCN([C@@H]3CCOC3)CC2)ccc1-c1ccccc1. The summed E-state index contributed by atoms with van der Waals surface area (Å²) in [7, 11) is 1.97. The lowest BCUT2D eigenvalue weighted by Crippen LogP contribution is -2.52. The fourth-order valence-electron chi connectivity index (χ4n) is 3.89. The molecule has 0 bridgehead atoms. The molecule has 132 valence electrons. The topological polar surface area (TPSA) is 37.7 Å². The van der Waals surface area contributed by atoms with Crippen LogP contribution >= 0.6 is 0 Å². The average Bonchev–Trinajstić information content (AvgIpc) is 3.32. The molecule has 2 aliphatic rings. The minimum atomic E-state index is 0.131. The molecular weight excluding hydrogens is 314 g/mol. The summed E-state index contributed by atoms with van der Waals surface area (Å²) in [5, 5.41) is 0. The van der Waals surface area contributed by atoms with Crippen LogP contribution in [-0.2, 0) is 11.8 Å². The van der Waals surface area contributed by atoms with E-state index in [2.05, 4.69) is 17.0 Å². The first-order chi connectivity index (χ1) is 12.2. The maximum atomic E-state index is 13.0. The highest BCUT2D eigenvalue weighted by Crippen LogP contribution is 2.23. The summed E-state index contributed by atoms with van der Waals surface area (Å²) in [4.78, 5) is 17.4. The molecule has 1 aromatic heterocycles. The maximum Gasteiger partial charge on any atom is 0.270 e. The largest absolute Gasteiger partial charge is 0.380 e. The quantitative estimate of drug-likeness (QED) is 0.861. The van der Waals surface area contributed by atoms with Crippen molar-refractivity contribution in [1.29, 1.82) is 0 Å². The van der Waals surface area contributed by atoms with Gasteiger partial charge in [0.25, 0.3) is 5.91 Å². The van der Waals surface area contributed by atoms with Gasteiger partial charge < -0.3 is 14.2 Å². The number of carbonyl (C=O) groups excluding carboxylic acids is 1. The third kappa shape index (κ3) is 3.22. The van der Waals surface area contributed by atoms with Gasteiger partial charge in [-0.05, 0) is 24.1 Å². The van der Waals surface area contributed by atoms with Crippen LogP contribution in [0.15, 0.2) is 42.5 Å². The number of carbonyl (C=O) groups is 1. The van der Waals surface area contributed by atoms with Gasteiger partial charge in [-0.25, -0.2) is 0 Å². The Balaban J connectivity index is 1.44. The van der Waals surface area contributed by atoms with Gasteiger partial charge in [0.15, 0.2) is 0 Å². The molecule has 0 saturated carbocycles. The van der Waals surface area contributed by atoms with E-state index >= 15 is 0 Å². The number of hydrogen-bond donors (Lipinski definition) is 0. The predicted octanol–water partition coefficient (Wildman–Crippen LogP) is 2.24. The highest BCUT2D eigenvalue weighted by molar-refractivity contribution is 5.94. The molecular formula is C20H25N3O2. The van der Waals surface area contributed by atoms with Gasteiger partial charge >= 0.3 is 0 Å². The number of aromatic nitrogens is 1. The molecule has 0 unspecified atom stereocenters. The Morgan fingerprint density at radius 1 is 1.04 bits per heavy atom. The number of amides is 1. The van der Waals surface area contributed by atoms with Crippen molar-refractivity contribution in [3.8, 4) is 11.3 Å². The second-order valence-electron chi connectivity index (χ2n) is 6.87. The summed E-state index contributed by atoms with van der Waals surface area (Å²) < 4.78 is 7.50. The van der Waals surface area contributed by atoms with Gasteiger partial charge in [0.05, 0.1) is 6.61 Å². The van der Waals surface area contributed by atoms with Crippen molar-refractivity contribution in [3.05, 3.63) is 48.2 Å². The molecule has 5 nitrogen and oxygen atoms in total. The second-order valence-corrected chi connectivity index (χ2v) is 6.87. The lowest BCUT2D eigenvalue weighted by molar-refractivity contribution is 0.0541. The van der Waals surface area contributed by atoms with E-state index in [1.807, 2.05) is 46.8 Å². The van der Waals surface area contributed by atoms with Crippen LogP contribution in [0.2, 0.25) is 0 Å². The highest BCUT2D eigenvalue weighted by atomic mass is 16.5. The first kappa shape index (κ1) is 16.4. The normalized spacial score (nSPS) is 21.6. The number of nitrogens with zero attached hydrogens (tertiary/aromatic N) is 3. The van der Waals surface area contributed by atoms with Crippen LogP contribution in [0.4, 0.5) is 0 Å². The Kier molecular flexibility index (Phi) is 4.59. The number of rotatable bonds is 3. The fraction of sp³-hybridized carbons (Fsp3) is 0.450. The molecule has 1 aromatic carbocycles. The fourth-order valence-corrected chi connectivity index (χ4v) is 3.89. The molecule has 2 fully saturated rings. The average molecular weight is 339 g/mol. The van der Waals surface area contributed by atoms with Gasteiger partial charge in [-0.15, -0.1) is 0 Å². The van der Waals surface area contributed by atoms with Crippen molar-refractivity contribution in [1.82, 2.24) is 14.4 Å². The minimum Gasteiger partial charge on any atom is -0.380 e. The van der Waals surface area contributed by atoms with Gasteiger partial charge in [-0.2, -0.15) is 0 Å². The summed E-state index contributed by atoms with van der Waals surface area (Å²) in [6, 6.07) is 14.7. The summed E-state index contributed by atoms with van der Waals surface area (Å²) in [5.74, 6) is 0.131. The van der Waals surface area contributed by atoms with E-state index < -0.39 is 0 Å². The first-order valence-electron chi connectivity index (χ1n) is 9.06. The molecule has 2 aromatic rings. The van der Waals surface area contributed by atoms with Crippen molar-refractivity contribution in [2.24, 2.45) is 7.05 Å². The summed E-state index contributed by atoms with van der Waals surface area (Å²) >= 11 is 0. The van der Waals surface area contributed by atoms with Gasteiger partial charge in [0.2, 0.25) is 0 Å². The molecule has 4 rings (SSSR count).